The summed E-state index contributed by atoms with van der Waals surface area (Å²) >= 11 is 5.60. The first-order valence-corrected chi connectivity index (χ1v) is 5.56. The molecule has 0 spiro atoms. The number of benzene rings is 1. The number of rotatable bonds is 2. The molecule has 0 aromatic heterocycles. The molecule has 0 aliphatic carbocycles. The lowest BCUT2D eigenvalue weighted by Crippen LogP contribution is -2.24. The summed E-state index contributed by atoms with van der Waals surface area (Å²) in [4.78, 5) is 0. The highest BCUT2D eigenvalue weighted by Crippen LogP contribution is 2.32. The van der Waals surface area contributed by atoms with Crippen molar-refractivity contribution in [1.29, 1.82) is 0 Å². The van der Waals surface area contributed by atoms with Crippen LogP contribution in [0.5, 0.6) is 5.75 Å². The van der Waals surface area contributed by atoms with E-state index in [0.29, 0.717) is 0 Å². The van der Waals surface area contributed by atoms with Crippen LogP contribution in [0.25, 0.3) is 0 Å². The van der Waals surface area contributed by atoms with E-state index in [2.05, 4.69) is 5.32 Å². The van der Waals surface area contributed by atoms with Crippen LogP contribution in [0.4, 0.5) is 8.78 Å². The van der Waals surface area contributed by atoms with Gasteiger partial charge in [-0.25, -0.2) is 8.78 Å². The molecular weight excluding hydrogens is 236 g/mol. The van der Waals surface area contributed by atoms with Gasteiger partial charge in [0.05, 0.1) is 5.02 Å². The molecule has 0 bridgehead atoms. The van der Waals surface area contributed by atoms with Gasteiger partial charge in [0, 0.05) is 11.6 Å². The minimum atomic E-state index is -1.02. The Hall–Kier alpha value is -0.870. The van der Waals surface area contributed by atoms with E-state index in [4.69, 9.17) is 11.6 Å². The largest absolute Gasteiger partial charge is 0.506 e. The molecule has 1 unspecified atom stereocenters. The quantitative estimate of drug-likeness (QED) is 0.788. The van der Waals surface area contributed by atoms with E-state index in [0.717, 1.165) is 25.5 Å². The lowest BCUT2D eigenvalue weighted by atomic mass is 10.0. The fourth-order valence-electron chi connectivity index (χ4n) is 2.00. The molecule has 1 fully saturated rings. The first-order chi connectivity index (χ1) is 7.59. The first kappa shape index (κ1) is 11.6. The van der Waals surface area contributed by atoms with Crippen LogP contribution in [0, 0.1) is 11.6 Å². The smallest absolute Gasteiger partial charge is 0.165 e. The fourth-order valence-corrected chi connectivity index (χ4v) is 2.21. The minimum absolute atomic E-state index is 0.0376. The zero-order valence-corrected chi connectivity index (χ0v) is 9.32. The lowest BCUT2D eigenvalue weighted by molar-refractivity contribution is 0.433. The van der Waals surface area contributed by atoms with Gasteiger partial charge < -0.3 is 10.4 Å². The van der Waals surface area contributed by atoms with Crippen LogP contribution < -0.4 is 5.32 Å². The molecule has 1 heterocycles. The maximum atomic E-state index is 13.5. The van der Waals surface area contributed by atoms with Gasteiger partial charge in [0.15, 0.2) is 11.6 Å². The molecule has 1 aliphatic heterocycles. The maximum absolute atomic E-state index is 13.5. The normalized spacial score (nSPS) is 20.3. The van der Waals surface area contributed by atoms with Gasteiger partial charge >= 0.3 is 0 Å². The Bertz CT molecular complexity index is 379. The van der Waals surface area contributed by atoms with Crippen molar-refractivity contribution in [1.82, 2.24) is 5.32 Å². The molecule has 1 aromatic rings. The molecule has 2 rings (SSSR count). The van der Waals surface area contributed by atoms with E-state index in [1.54, 1.807) is 0 Å². The van der Waals surface area contributed by atoms with Gasteiger partial charge in [0.25, 0.3) is 0 Å². The molecule has 88 valence electrons. The van der Waals surface area contributed by atoms with Crippen LogP contribution >= 0.6 is 11.6 Å². The molecule has 5 heteroatoms. The minimum Gasteiger partial charge on any atom is -0.506 e. The van der Waals surface area contributed by atoms with Crippen molar-refractivity contribution >= 4 is 11.6 Å². The molecule has 0 amide bonds. The number of phenolic OH excluding ortho intramolecular Hbond substituents is 1. The fraction of sp³-hybridized carbons (Fsp3) is 0.455. The topological polar surface area (TPSA) is 32.3 Å². The number of nitrogens with one attached hydrogen (secondary N) is 1. The van der Waals surface area contributed by atoms with Crippen molar-refractivity contribution in [3.8, 4) is 5.75 Å². The van der Waals surface area contributed by atoms with E-state index in [9.17, 15) is 13.9 Å². The second-order valence-electron chi connectivity index (χ2n) is 3.98. The van der Waals surface area contributed by atoms with Crippen LogP contribution in [0.1, 0.15) is 18.4 Å². The summed E-state index contributed by atoms with van der Waals surface area (Å²) in [6.07, 6.45) is 2.16. The zero-order chi connectivity index (χ0) is 11.7. The van der Waals surface area contributed by atoms with E-state index >= 15 is 0 Å². The van der Waals surface area contributed by atoms with Crippen molar-refractivity contribution in [3.05, 3.63) is 28.3 Å². The Labute approximate surface area is 97.2 Å². The van der Waals surface area contributed by atoms with Crippen molar-refractivity contribution in [2.75, 3.05) is 6.54 Å². The zero-order valence-electron chi connectivity index (χ0n) is 8.56. The molecule has 0 saturated carbocycles. The molecule has 1 aromatic carbocycles. The van der Waals surface area contributed by atoms with Crippen molar-refractivity contribution in [2.45, 2.75) is 25.3 Å². The SMILES string of the molecule is Oc1c(Cl)cc(F)c(F)c1CC1CCCN1. The summed E-state index contributed by atoms with van der Waals surface area (Å²) in [5, 5.41) is 12.6. The standard InChI is InChI=1S/C11H12ClF2NO/c12-8-5-9(13)10(14)7(11(8)16)4-6-2-1-3-15-6/h5-6,15-16H,1-4H2. The summed E-state index contributed by atoms with van der Waals surface area (Å²) in [5.41, 5.74) is -0.0376. The second kappa shape index (κ2) is 4.55. The average Bonchev–Trinajstić information content (AvgIpc) is 2.74. The molecule has 1 aliphatic rings. The van der Waals surface area contributed by atoms with Crippen LogP contribution in [-0.4, -0.2) is 17.7 Å². The second-order valence-corrected chi connectivity index (χ2v) is 4.39. The van der Waals surface area contributed by atoms with Crippen LogP contribution in [0.15, 0.2) is 6.07 Å². The van der Waals surface area contributed by atoms with E-state index in [-0.39, 0.29) is 28.8 Å². The third kappa shape index (κ3) is 2.13. The van der Waals surface area contributed by atoms with Crippen molar-refractivity contribution in [3.63, 3.8) is 0 Å². The van der Waals surface area contributed by atoms with Crippen LogP contribution in [-0.2, 0) is 6.42 Å². The Morgan fingerprint density at radius 2 is 2.25 bits per heavy atom. The molecule has 2 nitrogen and oxygen atoms in total. The highest BCUT2D eigenvalue weighted by Gasteiger charge is 2.22. The average molecular weight is 248 g/mol. The molecule has 0 radical (unpaired) electrons. The Morgan fingerprint density at radius 3 is 2.88 bits per heavy atom. The highest BCUT2D eigenvalue weighted by atomic mass is 35.5. The van der Waals surface area contributed by atoms with Crippen molar-refractivity contribution in [2.24, 2.45) is 0 Å². The lowest BCUT2D eigenvalue weighted by Gasteiger charge is -2.13. The summed E-state index contributed by atoms with van der Waals surface area (Å²) in [6.45, 7) is 0.871. The first-order valence-electron chi connectivity index (χ1n) is 5.18. The van der Waals surface area contributed by atoms with Gasteiger partial charge in [0.2, 0.25) is 0 Å². The van der Waals surface area contributed by atoms with E-state index in [1.165, 1.54) is 0 Å². The predicted octanol–water partition coefficient (Wildman–Crippen LogP) is 2.62. The summed E-state index contributed by atoms with van der Waals surface area (Å²) in [5.74, 6) is -2.37. The Balaban J connectivity index is 2.31. The number of hydrogen-bond donors (Lipinski definition) is 2. The van der Waals surface area contributed by atoms with E-state index < -0.39 is 11.6 Å². The predicted molar refractivity (Wildman–Crippen MR) is 57.8 cm³/mol. The maximum Gasteiger partial charge on any atom is 0.165 e. The van der Waals surface area contributed by atoms with Gasteiger partial charge in [-0.1, -0.05) is 11.6 Å². The van der Waals surface area contributed by atoms with Gasteiger partial charge in [-0.15, -0.1) is 0 Å². The summed E-state index contributed by atoms with van der Waals surface area (Å²) < 4.78 is 26.6. The van der Waals surface area contributed by atoms with Gasteiger partial charge in [-0.05, 0) is 31.9 Å². The van der Waals surface area contributed by atoms with Gasteiger partial charge in [0.1, 0.15) is 5.75 Å². The molecule has 1 atom stereocenters. The number of halogens is 3. The molecule has 1 saturated heterocycles. The molecule has 2 N–H and O–H groups in total. The third-order valence-corrected chi connectivity index (χ3v) is 3.14. The third-order valence-electron chi connectivity index (χ3n) is 2.85. The van der Waals surface area contributed by atoms with E-state index in [1.807, 2.05) is 0 Å². The number of aromatic hydroxyl groups is 1. The summed E-state index contributed by atoms with van der Waals surface area (Å²) in [7, 11) is 0. The monoisotopic (exact) mass is 247 g/mol. The Kier molecular flexibility index (Phi) is 3.30. The van der Waals surface area contributed by atoms with Crippen molar-refractivity contribution < 1.29 is 13.9 Å². The Morgan fingerprint density at radius 1 is 1.50 bits per heavy atom. The molecular formula is C11H12ClF2NO. The van der Waals surface area contributed by atoms with Gasteiger partial charge in [-0.2, -0.15) is 0 Å². The van der Waals surface area contributed by atoms with Crippen LogP contribution in [0.3, 0.4) is 0 Å². The summed E-state index contributed by atoms with van der Waals surface area (Å²) in [6, 6.07) is 0.871. The number of hydrogen-bond acceptors (Lipinski definition) is 2. The van der Waals surface area contributed by atoms with Gasteiger partial charge in [-0.3, -0.25) is 0 Å². The number of phenols is 1. The van der Waals surface area contributed by atoms with Crippen LogP contribution in [0.2, 0.25) is 5.02 Å². The highest BCUT2D eigenvalue weighted by molar-refractivity contribution is 6.32. The molecule has 16 heavy (non-hydrogen) atoms.